The lowest BCUT2D eigenvalue weighted by Gasteiger charge is -2.41. The van der Waals surface area contributed by atoms with E-state index in [-0.39, 0.29) is 42.6 Å². The van der Waals surface area contributed by atoms with Crippen molar-refractivity contribution in [3.63, 3.8) is 0 Å². The summed E-state index contributed by atoms with van der Waals surface area (Å²) in [7, 11) is 0. The van der Waals surface area contributed by atoms with Gasteiger partial charge in [0, 0.05) is 5.92 Å². The summed E-state index contributed by atoms with van der Waals surface area (Å²) in [5, 5.41) is 18.9. The lowest BCUT2D eigenvalue weighted by Crippen LogP contribution is -2.43. The molecule has 5 saturated carbocycles. The molecule has 5 rings (SSSR count). The number of carbonyl (C=O) groups excluding carboxylic acids is 1. The molecule has 0 aromatic rings. The Kier molecular flexibility index (Phi) is 15.9. The molecular formula is C38H56Cl2O11. The number of rotatable bonds is 15. The number of carboxylic acids is 2. The van der Waals surface area contributed by atoms with Gasteiger partial charge in [-0.2, -0.15) is 0 Å². The van der Waals surface area contributed by atoms with Crippen LogP contribution in [-0.2, 0) is 43.1 Å². The fourth-order valence-corrected chi connectivity index (χ4v) is 10.0. The van der Waals surface area contributed by atoms with Crippen molar-refractivity contribution in [1.82, 2.24) is 0 Å². The molecule has 0 aromatic heterocycles. The van der Waals surface area contributed by atoms with Crippen molar-refractivity contribution in [2.45, 2.75) is 150 Å². The van der Waals surface area contributed by atoms with Gasteiger partial charge in [-0.3, -0.25) is 14.4 Å². The molecule has 0 bridgehead atoms. The van der Waals surface area contributed by atoms with Crippen LogP contribution in [-0.4, -0.2) is 89.2 Å². The maximum Gasteiger partial charge on any atom is 0.310 e. The monoisotopic (exact) mass is 758 g/mol. The van der Waals surface area contributed by atoms with Crippen LogP contribution in [0.1, 0.15) is 109 Å². The molecule has 0 heterocycles. The summed E-state index contributed by atoms with van der Waals surface area (Å²) in [5.41, 5.74) is 0. The average molecular weight is 760 g/mol. The highest BCUT2D eigenvalue weighted by Gasteiger charge is 2.44. The maximum absolute atomic E-state index is 13.2. The third-order valence-corrected chi connectivity index (χ3v) is 13.1. The van der Waals surface area contributed by atoms with Gasteiger partial charge in [0.15, 0.2) is 0 Å². The normalized spacial score (nSPS) is 37.9. The number of ether oxygens (including phenoxy) is 4. The summed E-state index contributed by atoms with van der Waals surface area (Å²) in [6.07, 6.45) is 19.7. The Morgan fingerprint density at radius 1 is 0.647 bits per heavy atom. The van der Waals surface area contributed by atoms with Crippen LogP contribution in [0.25, 0.3) is 0 Å². The minimum atomic E-state index is -1.02. The third-order valence-electron chi connectivity index (χ3n) is 12.2. The van der Waals surface area contributed by atoms with E-state index in [4.69, 9.17) is 58.3 Å². The highest BCUT2D eigenvalue weighted by molar-refractivity contribution is 6.21. The summed E-state index contributed by atoms with van der Waals surface area (Å²) < 4.78 is 23.2. The van der Waals surface area contributed by atoms with Crippen LogP contribution >= 0.6 is 23.2 Å². The van der Waals surface area contributed by atoms with Crippen LogP contribution in [0.5, 0.6) is 0 Å². The van der Waals surface area contributed by atoms with E-state index in [1.54, 1.807) is 0 Å². The molecule has 0 aliphatic heterocycles. The number of alkyl halides is 2. The summed E-state index contributed by atoms with van der Waals surface area (Å²) in [6, 6.07) is 0. The van der Waals surface area contributed by atoms with Gasteiger partial charge < -0.3 is 29.2 Å². The zero-order valence-electron chi connectivity index (χ0n) is 29.5. The zero-order chi connectivity index (χ0) is 36.3. The molecule has 12 atom stereocenters. The largest absolute Gasteiger partial charge is 0.481 e. The zero-order valence-corrected chi connectivity index (χ0v) is 31.1. The molecule has 0 aromatic carbocycles. The Morgan fingerprint density at radius 2 is 1.25 bits per heavy atom. The standard InChI is InChI=1S/C38H56Cl2O11/c1-2-46-28-11-13-30(37(43)44)31(21-28)38(45)50-34-14-8-23(19-32(34)39)24-9-15-35(33(40)20-24)51-49-22-25-18-27(10-12-29(25)36(41)42)48-17-16-47-26-6-4-3-5-7-26/h1,23-35H,3-22H2,(H,41,42)(H,43,44). The quantitative estimate of drug-likeness (QED) is 0.0457. The first kappa shape index (κ1) is 40.4. The molecule has 0 amide bonds. The molecule has 5 aliphatic carbocycles. The molecule has 11 nitrogen and oxygen atoms in total. The first-order chi connectivity index (χ1) is 24.6. The van der Waals surface area contributed by atoms with E-state index in [9.17, 15) is 24.6 Å². The van der Waals surface area contributed by atoms with E-state index in [0.717, 1.165) is 32.1 Å². The SMILES string of the molecule is C#COC1CCC(C(=O)O)C(C(=O)OC2CCC(C3CCC(OOCC4CC(OCCOC5CCCCC5)CCC4C(=O)O)C(Cl)C3)CC2Cl)C1. The predicted octanol–water partition coefficient (Wildman–Crippen LogP) is 6.74. The van der Waals surface area contributed by atoms with Gasteiger partial charge in [-0.1, -0.05) is 25.7 Å². The molecule has 13 heteroatoms. The molecule has 0 saturated heterocycles. The van der Waals surface area contributed by atoms with E-state index in [1.807, 2.05) is 0 Å². The van der Waals surface area contributed by atoms with Crippen LogP contribution in [0.15, 0.2) is 0 Å². The lowest BCUT2D eigenvalue weighted by atomic mass is 9.72. The topological polar surface area (TPSA) is 147 Å². The van der Waals surface area contributed by atoms with Crippen LogP contribution < -0.4 is 0 Å². The molecule has 12 unspecified atom stereocenters. The summed E-state index contributed by atoms with van der Waals surface area (Å²) in [4.78, 5) is 48.5. The van der Waals surface area contributed by atoms with Gasteiger partial charge in [0.2, 0.25) is 0 Å². The van der Waals surface area contributed by atoms with Crippen molar-refractivity contribution in [1.29, 1.82) is 0 Å². The second-order valence-electron chi connectivity index (χ2n) is 15.4. The van der Waals surface area contributed by atoms with E-state index in [0.29, 0.717) is 82.5 Å². The van der Waals surface area contributed by atoms with E-state index in [2.05, 4.69) is 6.11 Å². The number of hydrogen-bond acceptors (Lipinski definition) is 9. The molecule has 0 spiro atoms. The summed E-state index contributed by atoms with van der Waals surface area (Å²) in [6.45, 7) is 1.24. The second-order valence-corrected chi connectivity index (χ2v) is 16.6. The molecule has 288 valence electrons. The third kappa shape index (κ3) is 11.6. The molecule has 2 N–H and O–H groups in total. The van der Waals surface area contributed by atoms with Gasteiger partial charge in [-0.15, -0.1) is 23.2 Å². The highest BCUT2D eigenvalue weighted by atomic mass is 35.5. The number of halogens is 2. The summed E-state index contributed by atoms with van der Waals surface area (Å²) >= 11 is 13.6. The van der Waals surface area contributed by atoms with Crippen molar-refractivity contribution in [2.75, 3.05) is 19.8 Å². The Hall–Kier alpha value is -1.81. The van der Waals surface area contributed by atoms with Gasteiger partial charge in [0.1, 0.15) is 24.4 Å². The first-order valence-electron chi connectivity index (χ1n) is 19.2. The average Bonchev–Trinajstić information content (AvgIpc) is 3.12. The molecule has 5 fully saturated rings. The number of terminal acetylenes is 1. The van der Waals surface area contributed by atoms with E-state index in [1.165, 1.54) is 19.3 Å². The molecule has 51 heavy (non-hydrogen) atoms. The molecule has 0 radical (unpaired) electrons. The van der Waals surface area contributed by atoms with Gasteiger partial charge in [0.25, 0.3) is 0 Å². The van der Waals surface area contributed by atoms with Gasteiger partial charge >= 0.3 is 17.9 Å². The number of carboxylic acid groups (broad SMARTS) is 2. The maximum atomic E-state index is 13.2. The Bertz CT molecular complexity index is 1170. The Labute approximate surface area is 312 Å². The number of hydrogen-bond donors (Lipinski definition) is 2. The fourth-order valence-electron chi connectivity index (χ4n) is 9.22. The summed E-state index contributed by atoms with van der Waals surface area (Å²) in [5.74, 6) is -4.14. The number of carbonyl (C=O) groups is 3. The van der Waals surface area contributed by atoms with Crippen molar-refractivity contribution in [3.05, 3.63) is 0 Å². The van der Waals surface area contributed by atoms with E-state index < -0.39 is 47.1 Å². The van der Waals surface area contributed by atoms with Crippen molar-refractivity contribution < 1.29 is 53.3 Å². The number of esters is 1. The molecular weight excluding hydrogens is 703 g/mol. The smallest absolute Gasteiger partial charge is 0.310 e. The predicted molar refractivity (Wildman–Crippen MR) is 188 cm³/mol. The Balaban J connectivity index is 1.01. The van der Waals surface area contributed by atoms with Crippen LogP contribution in [0.3, 0.4) is 0 Å². The lowest BCUT2D eigenvalue weighted by molar-refractivity contribution is -0.337. The molecule has 5 aliphatic rings. The van der Waals surface area contributed by atoms with Crippen LogP contribution in [0, 0.1) is 48.0 Å². The van der Waals surface area contributed by atoms with Crippen molar-refractivity contribution >= 4 is 41.1 Å². The van der Waals surface area contributed by atoms with E-state index >= 15 is 0 Å². The fraction of sp³-hybridized carbons (Fsp3) is 0.868. The van der Waals surface area contributed by atoms with Gasteiger partial charge in [0.05, 0.1) is 60.5 Å². The minimum Gasteiger partial charge on any atom is -0.481 e. The van der Waals surface area contributed by atoms with Gasteiger partial charge in [-0.25, -0.2) is 9.78 Å². The van der Waals surface area contributed by atoms with Crippen LogP contribution in [0.4, 0.5) is 0 Å². The van der Waals surface area contributed by atoms with Gasteiger partial charge in [-0.05, 0) is 102 Å². The first-order valence-corrected chi connectivity index (χ1v) is 20.1. The van der Waals surface area contributed by atoms with Crippen molar-refractivity contribution in [2.24, 2.45) is 35.5 Å². The van der Waals surface area contributed by atoms with Crippen molar-refractivity contribution in [3.8, 4) is 12.5 Å². The number of aliphatic carboxylic acids is 2. The highest BCUT2D eigenvalue weighted by Crippen LogP contribution is 2.43. The second kappa shape index (κ2) is 20.0. The Morgan fingerprint density at radius 3 is 1.88 bits per heavy atom. The van der Waals surface area contributed by atoms with Crippen LogP contribution in [0.2, 0.25) is 0 Å². The minimum absolute atomic E-state index is 0.0282.